The molecule has 1 unspecified atom stereocenters. The van der Waals surface area contributed by atoms with Crippen LogP contribution in [0.3, 0.4) is 0 Å². The highest BCUT2D eigenvalue weighted by atomic mass is 32.2. The molecule has 1 aromatic rings. The van der Waals surface area contributed by atoms with E-state index in [2.05, 4.69) is 4.72 Å². The molecule has 0 aliphatic carbocycles. The normalized spacial score (nSPS) is 13.1. The van der Waals surface area contributed by atoms with Crippen molar-refractivity contribution in [2.24, 2.45) is 20.0 Å². The van der Waals surface area contributed by atoms with Gasteiger partial charge in [0.25, 0.3) is 5.56 Å². The number of hydrogen-bond donors (Lipinski definition) is 2. The molecule has 0 saturated carbocycles. The molecule has 10 heteroatoms. The van der Waals surface area contributed by atoms with Crippen molar-refractivity contribution in [3.05, 3.63) is 27.0 Å². The zero-order valence-corrected chi connectivity index (χ0v) is 12.7. The molecule has 0 bridgehead atoms. The van der Waals surface area contributed by atoms with Crippen molar-refractivity contribution in [3.63, 3.8) is 0 Å². The van der Waals surface area contributed by atoms with Crippen LogP contribution in [0.1, 0.15) is 13.3 Å². The number of aryl methyl sites for hydroxylation is 1. The van der Waals surface area contributed by atoms with E-state index in [0.717, 1.165) is 10.8 Å². The Morgan fingerprint density at radius 2 is 1.95 bits per heavy atom. The molecule has 0 spiro atoms. The van der Waals surface area contributed by atoms with Crippen molar-refractivity contribution in [1.82, 2.24) is 13.9 Å². The average Bonchev–Trinajstić information content (AvgIpc) is 2.39. The Labute approximate surface area is 120 Å². The summed E-state index contributed by atoms with van der Waals surface area (Å²) in [7, 11) is -1.61. The minimum atomic E-state index is -4.11. The fourth-order valence-electron chi connectivity index (χ4n) is 1.57. The highest BCUT2D eigenvalue weighted by Crippen LogP contribution is 2.03. The first-order chi connectivity index (χ1) is 9.58. The maximum absolute atomic E-state index is 12.0. The monoisotopic (exact) mass is 319 g/mol. The highest BCUT2D eigenvalue weighted by Gasteiger charge is 2.21. The van der Waals surface area contributed by atoms with Crippen molar-refractivity contribution < 1.29 is 18.3 Å². The second-order valence-electron chi connectivity index (χ2n) is 4.68. The van der Waals surface area contributed by atoms with Crippen LogP contribution in [-0.4, -0.2) is 35.2 Å². The molecule has 21 heavy (non-hydrogen) atoms. The van der Waals surface area contributed by atoms with Gasteiger partial charge in [0, 0.05) is 26.8 Å². The van der Waals surface area contributed by atoms with Crippen LogP contribution in [0, 0.1) is 5.92 Å². The van der Waals surface area contributed by atoms with Gasteiger partial charge >= 0.3 is 11.7 Å². The van der Waals surface area contributed by atoms with Gasteiger partial charge in [-0.1, -0.05) is 6.92 Å². The Balaban J connectivity index is 3.03. The van der Waals surface area contributed by atoms with Crippen LogP contribution < -0.4 is 16.0 Å². The topological polar surface area (TPSA) is 127 Å². The first kappa shape index (κ1) is 17.1. The largest absolute Gasteiger partial charge is 0.481 e. The smallest absolute Gasteiger partial charge is 0.330 e. The van der Waals surface area contributed by atoms with Crippen molar-refractivity contribution in [2.45, 2.75) is 18.2 Å². The van der Waals surface area contributed by atoms with E-state index in [0.29, 0.717) is 4.57 Å². The molecule has 0 amide bonds. The molecule has 0 radical (unpaired) electrons. The highest BCUT2D eigenvalue weighted by molar-refractivity contribution is 7.89. The van der Waals surface area contributed by atoms with Crippen LogP contribution in [0.15, 0.2) is 20.7 Å². The lowest BCUT2D eigenvalue weighted by Crippen LogP contribution is -2.41. The Bertz CT molecular complexity index is 761. The van der Waals surface area contributed by atoms with Crippen LogP contribution in [0.25, 0.3) is 0 Å². The standard InChI is InChI=1S/C11H17N3O6S/c1-7(10(16)17)4-5-12-21(19,20)8-6-13(2)11(18)14(3)9(8)15/h6-7,12H,4-5H2,1-3H3,(H,16,17). The van der Waals surface area contributed by atoms with E-state index in [1.807, 2.05) is 0 Å². The van der Waals surface area contributed by atoms with Crippen molar-refractivity contribution >= 4 is 16.0 Å². The van der Waals surface area contributed by atoms with Crippen molar-refractivity contribution in [2.75, 3.05) is 6.54 Å². The number of nitrogens with zero attached hydrogens (tertiary/aromatic N) is 2. The summed E-state index contributed by atoms with van der Waals surface area (Å²) >= 11 is 0. The van der Waals surface area contributed by atoms with Crippen molar-refractivity contribution in [3.8, 4) is 0 Å². The first-order valence-electron chi connectivity index (χ1n) is 6.07. The lowest BCUT2D eigenvalue weighted by Gasteiger charge is -2.10. The Kier molecular flexibility index (Phi) is 5.07. The predicted octanol–water partition coefficient (Wildman–Crippen LogP) is -1.53. The fraction of sp³-hybridized carbons (Fsp3) is 0.545. The summed E-state index contributed by atoms with van der Waals surface area (Å²) in [5, 5.41) is 8.71. The molecular weight excluding hydrogens is 302 g/mol. The van der Waals surface area contributed by atoms with Gasteiger partial charge in [-0.3, -0.25) is 14.2 Å². The third-order valence-electron chi connectivity index (χ3n) is 3.00. The predicted molar refractivity (Wildman–Crippen MR) is 73.5 cm³/mol. The van der Waals surface area contributed by atoms with E-state index in [4.69, 9.17) is 5.11 Å². The van der Waals surface area contributed by atoms with Gasteiger partial charge in [0.1, 0.15) is 0 Å². The molecular formula is C11H17N3O6S. The minimum Gasteiger partial charge on any atom is -0.481 e. The van der Waals surface area contributed by atoms with Crippen LogP contribution in [0.4, 0.5) is 0 Å². The Hall–Kier alpha value is -1.94. The molecule has 1 rings (SSSR count). The van der Waals surface area contributed by atoms with Crippen molar-refractivity contribution in [1.29, 1.82) is 0 Å². The number of carbonyl (C=O) groups is 1. The Morgan fingerprint density at radius 3 is 2.48 bits per heavy atom. The summed E-state index contributed by atoms with van der Waals surface area (Å²) in [4.78, 5) is 33.4. The second-order valence-corrected chi connectivity index (χ2v) is 6.41. The zero-order chi connectivity index (χ0) is 16.4. The number of nitrogens with one attached hydrogen (secondary N) is 1. The third-order valence-corrected chi connectivity index (χ3v) is 4.44. The number of rotatable bonds is 6. The molecule has 1 atom stereocenters. The van der Waals surface area contributed by atoms with Gasteiger partial charge < -0.3 is 9.67 Å². The van der Waals surface area contributed by atoms with E-state index in [9.17, 15) is 22.8 Å². The van der Waals surface area contributed by atoms with Gasteiger partial charge in [-0.2, -0.15) is 0 Å². The van der Waals surface area contributed by atoms with Gasteiger partial charge in [0.05, 0.1) is 5.92 Å². The van der Waals surface area contributed by atoms with E-state index in [-0.39, 0.29) is 13.0 Å². The summed E-state index contributed by atoms with van der Waals surface area (Å²) < 4.78 is 27.9. The summed E-state index contributed by atoms with van der Waals surface area (Å²) in [6.07, 6.45) is 1.02. The van der Waals surface area contributed by atoms with E-state index < -0.39 is 38.1 Å². The number of aromatic nitrogens is 2. The average molecular weight is 319 g/mol. The maximum atomic E-state index is 12.0. The summed E-state index contributed by atoms with van der Waals surface area (Å²) in [5.41, 5.74) is -1.57. The van der Waals surface area contributed by atoms with Crippen LogP contribution in [-0.2, 0) is 28.9 Å². The molecule has 0 aliphatic heterocycles. The number of aliphatic carboxylic acids is 1. The summed E-state index contributed by atoms with van der Waals surface area (Å²) in [5.74, 6) is -1.75. The first-order valence-corrected chi connectivity index (χ1v) is 7.55. The quantitative estimate of drug-likeness (QED) is 0.655. The zero-order valence-electron chi connectivity index (χ0n) is 11.9. The molecule has 0 aliphatic rings. The van der Waals surface area contributed by atoms with Gasteiger partial charge in [0.15, 0.2) is 4.90 Å². The number of sulfonamides is 1. The molecule has 2 N–H and O–H groups in total. The van der Waals surface area contributed by atoms with E-state index in [1.165, 1.54) is 21.0 Å². The molecule has 9 nitrogen and oxygen atoms in total. The molecule has 0 saturated heterocycles. The van der Waals surface area contributed by atoms with Gasteiger partial charge in [-0.05, 0) is 6.42 Å². The lowest BCUT2D eigenvalue weighted by atomic mass is 10.1. The number of carboxylic acids is 1. The molecule has 0 aromatic carbocycles. The van der Waals surface area contributed by atoms with Gasteiger partial charge in [-0.25, -0.2) is 17.9 Å². The summed E-state index contributed by atoms with van der Waals surface area (Å²) in [6.45, 7) is 1.32. The lowest BCUT2D eigenvalue weighted by molar-refractivity contribution is -0.141. The van der Waals surface area contributed by atoms with Crippen LogP contribution in [0.2, 0.25) is 0 Å². The Morgan fingerprint density at radius 1 is 1.38 bits per heavy atom. The molecule has 0 fully saturated rings. The van der Waals surface area contributed by atoms with Crippen LogP contribution in [0.5, 0.6) is 0 Å². The maximum Gasteiger partial charge on any atom is 0.330 e. The van der Waals surface area contributed by atoms with E-state index >= 15 is 0 Å². The number of hydrogen-bond acceptors (Lipinski definition) is 5. The molecule has 118 valence electrons. The van der Waals surface area contributed by atoms with Crippen LogP contribution >= 0.6 is 0 Å². The SMILES string of the molecule is CC(CCNS(=O)(=O)c1cn(C)c(=O)n(C)c1=O)C(=O)O. The minimum absolute atomic E-state index is 0.0840. The molecule has 1 heterocycles. The van der Waals surface area contributed by atoms with E-state index in [1.54, 1.807) is 0 Å². The fourth-order valence-corrected chi connectivity index (χ4v) is 2.78. The molecule has 1 aromatic heterocycles. The number of carboxylic acid groups (broad SMARTS) is 1. The third kappa shape index (κ3) is 3.79. The van der Waals surface area contributed by atoms with Gasteiger partial charge in [-0.15, -0.1) is 0 Å². The summed E-state index contributed by atoms with van der Waals surface area (Å²) in [6, 6.07) is 0. The second kappa shape index (κ2) is 6.22. The van der Waals surface area contributed by atoms with Gasteiger partial charge in [0.2, 0.25) is 10.0 Å².